The third kappa shape index (κ3) is 3.93. The Morgan fingerprint density at radius 3 is 2.21 bits per heavy atom. The van der Waals surface area contributed by atoms with E-state index in [0.717, 1.165) is 0 Å². The van der Waals surface area contributed by atoms with E-state index in [4.69, 9.17) is 11.6 Å². The quantitative estimate of drug-likeness (QED) is 0.507. The Bertz CT molecular complexity index is 1210. The minimum absolute atomic E-state index is 0.267. The molecule has 7 heteroatoms. The lowest BCUT2D eigenvalue weighted by Gasteiger charge is -2.11. The van der Waals surface area contributed by atoms with Crippen molar-refractivity contribution in [2.75, 3.05) is 0 Å². The average molecular weight is 403 g/mol. The molecule has 2 amide bonds. The molecule has 0 aliphatic rings. The summed E-state index contributed by atoms with van der Waals surface area (Å²) in [5, 5.41) is 0.961. The zero-order valence-corrected chi connectivity index (χ0v) is 15.9. The van der Waals surface area contributed by atoms with E-state index in [9.17, 15) is 9.59 Å². The SMILES string of the molecule is O=C(NNC(=O)c1cc(-c2ccccn2)nc2ccccc12)c1ccccc1Cl. The van der Waals surface area contributed by atoms with Crippen molar-refractivity contribution in [2.24, 2.45) is 0 Å². The molecule has 0 radical (unpaired) electrons. The minimum Gasteiger partial charge on any atom is -0.267 e. The molecule has 2 heterocycles. The largest absolute Gasteiger partial charge is 0.271 e. The number of carbonyl (C=O) groups is 2. The van der Waals surface area contributed by atoms with E-state index in [2.05, 4.69) is 20.8 Å². The maximum absolute atomic E-state index is 12.9. The van der Waals surface area contributed by atoms with Gasteiger partial charge in [0, 0.05) is 11.6 Å². The highest BCUT2D eigenvalue weighted by molar-refractivity contribution is 6.33. The number of halogens is 1. The second kappa shape index (κ2) is 8.08. The zero-order chi connectivity index (χ0) is 20.2. The van der Waals surface area contributed by atoms with E-state index in [1.165, 1.54) is 0 Å². The number of hydrogen-bond acceptors (Lipinski definition) is 4. The Hall–Kier alpha value is -3.77. The zero-order valence-electron chi connectivity index (χ0n) is 15.1. The summed E-state index contributed by atoms with van der Waals surface area (Å²) in [5.41, 5.74) is 7.35. The predicted molar refractivity (Wildman–Crippen MR) is 111 cm³/mol. The molecule has 2 aromatic carbocycles. The topological polar surface area (TPSA) is 84.0 Å². The van der Waals surface area contributed by atoms with Gasteiger partial charge in [0.25, 0.3) is 11.8 Å². The van der Waals surface area contributed by atoms with Crippen molar-refractivity contribution in [1.29, 1.82) is 0 Å². The molecule has 2 aromatic heterocycles. The van der Waals surface area contributed by atoms with Crippen LogP contribution in [0.1, 0.15) is 20.7 Å². The van der Waals surface area contributed by atoms with Gasteiger partial charge in [-0.15, -0.1) is 0 Å². The molecule has 0 spiro atoms. The number of hydrogen-bond donors (Lipinski definition) is 2. The molecule has 0 saturated heterocycles. The third-order valence-corrected chi connectivity index (χ3v) is 4.63. The number of amides is 2. The summed E-state index contributed by atoms with van der Waals surface area (Å²) in [6, 6.07) is 21.0. The highest BCUT2D eigenvalue weighted by atomic mass is 35.5. The predicted octanol–water partition coefficient (Wildman–Crippen LogP) is 4.03. The van der Waals surface area contributed by atoms with Gasteiger partial charge in [-0.3, -0.25) is 25.4 Å². The number of aromatic nitrogens is 2. The molecule has 2 N–H and O–H groups in total. The number of benzene rings is 2. The lowest BCUT2D eigenvalue weighted by molar-refractivity contribution is 0.0847. The summed E-state index contributed by atoms with van der Waals surface area (Å²) < 4.78 is 0. The van der Waals surface area contributed by atoms with Crippen LogP contribution < -0.4 is 10.9 Å². The normalized spacial score (nSPS) is 10.5. The first-order chi connectivity index (χ1) is 14.1. The van der Waals surface area contributed by atoms with Crippen LogP contribution in [0.15, 0.2) is 79.0 Å². The number of carbonyl (C=O) groups excluding carboxylic acids is 2. The van der Waals surface area contributed by atoms with E-state index >= 15 is 0 Å². The summed E-state index contributed by atoms with van der Waals surface area (Å²) in [6.45, 7) is 0. The number of para-hydroxylation sites is 1. The average Bonchev–Trinajstić information content (AvgIpc) is 2.77. The summed E-state index contributed by atoms with van der Waals surface area (Å²) in [7, 11) is 0. The van der Waals surface area contributed by atoms with Crippen LogP contribution in [-0.4, -0.2) is 21.8 Å². The first-order valence-electron chi connectivity index (χ1n) is 8.80. The van der Waals surface area contributed by atoms with Crippen LogP contribution in [-0.2, 0) is 0 Å². The van der Waals surface area contributed by atoms with E-state index < -0.39 is 11.8 Å². The minimum atomic E-state index is -0.507. The van der Waals surface area contributed by atoms with Crippen LogP contribution in [0.25, 0.3) is 22.3 Å². The molecular weight excluding hydrogens is 388 g/mol. The molecule has 0 atom stereocenters. The van der Waals surface area contributed by atoms with Crippen LogP contribution in [0.2, 0.25) is 5.02 Å². The molecular formula is C22H15ClN4O2. The van der Waals surface area contributed by atoms with Crippen molar-refractivity contribution in [3.63, 3.8) is 0 Å². The fraction of sp³-hybridized carbons (Fsp3) is 0. The molecule has 0 aliphatic carbocycles. The van der Waals surface area contributed by atoms with Gasteiger partial charge in [0.15, 0.2) is 0 Å². The molecule has 4 rings (SSSR count). The van der Waals surface area contributed by atoms with Crippen molar-refractivity contribution >= 4 is 34.3 Å². The highest BCUT2D eigenvalue weighted by Crippen LogP contribution is 2.23. The maximum atomic E-state index is 12.9. The van der Waals surface area contributed by atoms with Gasteiger partial charge in [-0.1, -0.05) is 48.0 Å². The number of nitrogens with zero attached hydrogens (tertiary/aromatic N) is 2. The molecule has 6 nitrogen and oxygen atoms in total. The Kier molecular flexibility index (Phi) is 5.18. The first kappa shape index (κ1) is 18.6. The van der Waals surface area contributed by atoms with Gasteiger partial charge < -0.3 is 0 Å². The molecule has 0 fully saturated rings. The molecule has 0 unspecified atom stereocenters. The maximum Gasteiger partial charge on any atom is 0.271 e. The van der Waals surface area contributed by atoms with Crippen LogP contribution in [0.5, 0.6) is 0 Å². The first-order valence-corrected chi connectivity index (χ1v) is 9.17. The van der Waals surface area contributed by atoms with Gasteiger partial charge in [0.2, 0.25) is 0 Å². The van der Waals surface area contributed by atoms with E-state index in [1.54, 1.807) is 42.6 Å². The van der Waals surface area contributed by atoms with Gasteiger partial charge >= 0.3 is 0 Å². The van der Waals surface area contributed by atoms with Crippen molar-refractivity contribution in [3.8, 4) is 11.4 Å². The number of rotatable bonds is 3. The summed E-state index contributed by atoms with van der Waals surface area (Å²) in [4.78, 5) is 34.1. The lowest BCUT2D eigenvalue weighted by Crippen LogP contribution is -2.41. The second-order valence-corrected chi connectivity index (χ2v) is 6.58. The molecule has 0 bridgehead atoms. The van der Waals surface area contributed by atoms with Crippen molar-refractivity contribution < 1.29 is 9.59 Å². The van der Waals surface area contributed by atoms with E-state index in [-0.39, 0.29) is 5.56 Å². The van der Waals surface area contributed by atoms with E-state index in [0.29, 0.717) is 32.9 Å². The number of hydrazine groups is 1. The van der Waals surface area contributed by atoms with Crippen molar-refractivity contribution in [2.45, 2.75) is 0 Å². The Morgan fingerprint density at radius 2 is 1.45 bits per heavy atom. The van der Waals surface area contributed by atoms with Gasteiger partial charge in [0.1, 0.15) is 0 Å². The Labute approximate surface area is 171 Å². The molecule has 142 valence electrons. The highest BCUT2D eigenvalue weighted by Gasteiger charge is 2.16. The third-order valence-electron chi connectivity index (χ3n) is 4.30. The molecule has 29 heavy (non-hydrogen) atoms. The summed E-state index contributed by atoms with van der Waals surface area (Å²) in [5.74, 6) is -0.978. The number of fused-ring (bicyclic) bond motifs is 1. The standard InChI is InChI=1S/C22H15ClN4O2/c23-17-9-3-1-8-15(17)21(28)26-27-22(29)16-13-20(19-11-5-6-12-24-19)25-18-10-4-2-7-14(16)18/h1-13H,(H,26,28)(H,27,29). The monoisotopic (exact) mass is 402 g/mol. The smallest absolute Gasteiger partial charge is 0.267 e. The van der Waals surface area contributed by atoms with Gasteiger partial charge in [-0.25, -0.2) is 4.98 Å². The van der Waals surface area contributed by atoms with E-state index in [1.807, 2.05) is 36.4 Å². The number of pyridine rings is 2. The van der Waals surface area contributed by atoms with Gasteiger partial charge in [-0.05, 0) is 36.4 Å². The lowest BCUT2D eigenvalue weighted by atomic mass is 10.1. The van der Waals surface area contributed by atoms with Gasteiger partial charge in [-0.2, -0.15) is 0 Å². The summed E-state index contributed by atoms with van der Waals surface area (Å²) >= 11 is 6.03. The summed E-state index contributed by atoms with van der Waals surface area (Å²) in [6.07, 6.45) is 1.66. The van der Waals surface area contributed by atoms with Crippen LogP contribution in [0.4, 0.5) is 0 Å². The van der Waals surface area contributed by atoms with Crippen LogP contribution in [0, 0.1) is 0 Å². The Balaban J connectivity index is 1.65. The molecule has 4 aromatic rings. The molecule has 0 aliphatic heterocycles. The fourth-order valence-electron chi connectivity index (χ4n) is 2.90. The number of nitrogens with one attached hydrogen (secondary N) is 2. The van der Waals surface area contributed by atoms with Crippen LogP contribution >= 0.6 is 11.6 Å². The fourth-order valence-corrected chi connectivity index (χ4v) is 3.12. The van der Waals surface area contributed by atoms with Crippen LogP contribution in [0.3, 0.4) is 0 Å². The Morgan fingerprint density at radius 1 is 0.759 bits per heavy atom. The molecule has 0 saturated carbocycles. The second-order valence-electron chi connectivity index (χ2n) is 6.18. The van der Waals surface area contributed by atoms with Crippen molar-refractivity contribution in [3.05, 3.63) is 95.1 Å². The van der Waals surface area contributed by atoms with Crippen molar-refractivity contribution in [1.82, 2.24) is 20.8 Å². The van der Waals surface area contributed by atoms with Gasteiger partial charge in [0.05, 0.1) is 33.1 Å².